The standard InChI is InChI=1S/C15H29N/c1-3-7-13(2)12-15(14-8-9-14)10-5-4-6-11-16-15/h13-14,16H,3-12H2,1-2H3. The molecule has 1 nitrogen and oxygen atoms in total. The highest BCUT2D eigenvalue weighted by Crippen LogP contribution is 2.46. The van der Waals surface area contributed by atoms with E-state index >= 15 is 0 Å². The molecular weight excluding hydrogens is 194 g/mol. The van der Waals surface area contributed by atoms with E-state index in [1.165, 1.54) is 64.3 Å². The van der Waals surface area contributed by atoms with Crippen molar-refractivity contribution in [1.82, 2.24) is 5.32 Å². The molecule has 94 valence electrons. The lowest BCUT2D eigenvalue weighted by Crippen LogP contribution is -2.48. The van der Waals surface area contributed by atoms with Crippen LogP contribution in [0.4, 0.5) is 0 Å². The van der Waals surface area contributed by atoms with Crippen LogP contribution in [0.15, 0.2) is 0 Å². The third-order valence-electron chi connectivity index (χ3n) is 4.63. The van der Waals surface area contributed by atoms with Gasteiger partial charge in [0, 0.05) is 5.54 Å². The Balaban J connectivity index is 1.96. The van der Waals surface area contributed by atoms with Gasteiger partial charge in [-0.25, -0.2) is 0 Å². The number of hydrogen-bond acceptors (Lipinski definition) is 1. The van der Waals surface area contributed by atoms with Crippen molar-refractivity contribution in [3.63, 3.8) is 0 Å². The van der Waals surface area contributed by atoms with E-state index in [1.54, 1.807) is 0 Å². The van der Waals surface area contributed by atoms with Gasteiger partial charge in [0.1, 0.15) is 0 Å². The monoisotopic (exact) mass is 223 g/mol. The maximum Gasteiger partial charge on any atom is 0.0212 e. The Morgan fingerprint density at radius 3 is 2.75 bits per heavy atom. The van der Waals surface area contributed by atoms with Crippen LogP contribution in [0.25, 0.3) is 0 Å². The minimum atomic E-state index is 0.547. The molecule has 0 aromatic carbocycles. The fourth-order valence-electron chi connectivity index (χ4n) is 3.71. The maximum atomic E-state index is 3.95. The molecule has 0 aromatic heterocycles. The Hall–Kier alpha value is -0.0400. The molecule has 1 heterocycles. The fraction of sp³-hybridized carbons (Fsp3) is 1.00. The third-order valence-corrected chi connectivity index (χ3v) is 4.63. The van der Waals surface area contributed by atoms with Gasteiger partial charge in [-0.1, -0.05) is 39.5 Å². The lowest BCUT2D eigenvalue weighted by Gasteiger charge is -2.37. The van der Waals surface area contributed by atoms with E-state index in [2.05, 4.69) is 19.2 Å². The second-order valence-corrected chi connectivity index (χ2v) is 6.27. The molecule has 2 unspecified atom stereocenters. The van der Waals surface area contributed by atoms with Gasteiger partial charge in [-0.15, -0.1) is 0 Å². The third kappa shape index (κ3) is 3.00. The molecule has 2 rings (SSSR count). The average molecular weight is 223 g/mol. The summed E-state index contributed by atoms with van der Waals surface area (Å²) in [5.74, 6) is 1.93. The summed E-state index contributed by atoms with van der Waals surface area (Å²) < 4.78 is 0. The largest absolute Gasteiger partial charge is 0.311 e. The molecule has 0 bridgehead atoms. The molecule has 0 aromatic rings. The molecule has 1 heteroatoms. The summed E-state index contributed by atoms with van der Waals surface area (Å²) in [5.41, 5.74) is 0.547. The van der Waals surface area contributed by atoms with Crippen molar-refractivity contribution < 1.29 is 0 Å². The first-order valence-electron chi connectivity index (χ1n) is 7.52. The van der Waals surface area contributed by atoms with E-state index in [-0.39, 0.29) is 0 Å². The summed E-state index contributed by atoms with van der Waals surface area (Å²) >= 11 is 0. The lowest BCUT2D eigenvalue weighted by atomic mass is 9.79. The van der Waals surface area contributed by atoms with Crippen molar-refractivity contribution in [3.05, 3.63) is 0 Å². The van der Waals surface area contributed by atoms with Gasteiger partial charge in [-0.3, -0.25) is 0 Å². The Kier molecular flexibility index (Phi) is 4.29. The Morgan fingerprint density at radius 2 is 2.06 bits per heavy atom. The van der Waals surface area contributed by atoms with Crippen LogP contribution in [-0.4, -0.2) is 12.1 Å². The topological polar surface area (TPSA) is 12.0 Å². The molecule has 1 N–H and O–H groups in total. The van der Waals surface area contributed by atoms with Crippen LogP contribution in [0.1, 0.15) is 71.6 Å². The van der Waals surface area contributed by atoms with E-state index in [0.717, 1.165) is 11.8 Å². The van der Waals surface area contributed by atoms with Gasteiger partial charge in [-0.2, -0.15) is 0 Å². The Morgan fingerprint density at radius 1 is 1.25 bits per heavy atom. The summed E-state index contributed by atoms with van der Waals surface area (Å²) in [6.07, 6.45) is 12.9. The Labute approximate surface area is 101 Å². The smallest absolute Gasteiger partial charge is 0.0212 e. The molecule has 2 atom stereocenters. The van der Waals surface area contributed by atoms with Crippen LogP contribution in [0, 0.1) is 11.8 Å². The summed E-state index contributed by atoms with van der Waals surface area (Å²) in [6.45, 7) is 6.05. The highest BCUT2D eigenvalue weighted by atomic mass is 15.0. The van der Waals surface area contributed by atoms with E-state index in [4.69, 9.17) is 0 Å². The zero-order valence-electron chi connectivity index (χ0n) is 11.2. The van der Waals surface area contributed by atoms with Crippen molar-refractivity contribution >= 4 is 0 Å². The zero-order valence-corrected chi connectivity index (χ0v) is 11.2. The second-order valence-electron chi connectivity index (χ2n) is 6.27. The predicted molar refractivity (Wildman–Crippen MR) is 70.6 cm³/mol. The number of nitrogens with one attached hydrogen (secondary N) is 1. The highest BCUT2D eigenvalue weighted by Gasteiger charge is 2.45. The molecule has 2 aliphatic rings. The van der Waals surface area contributed by atoms with Gasteiger partial charge < -0.3 is 5.32 Å². The molecule has 1 aliphatic carbocycles. The average Bonchev–Trinajstić information content (AvgIpc) is 3.05. The Bertz CT molecular complexity index is 199. The molecule has 1 saturated carbocycles. The summed E-state index contributed by atoms with van der Waals surface area (Å²) in [6, 6.07) is 0. The first-order valence-corrected chi connectivity index (χ1v) is 7.52. The molecule has 0 radical (unpaired) electrons. The number of hydrogen-bond donors (Lipinski definition) is 1. The van der Waals surface area contributed by atoms with Crippen molar-refractivity contribution in [2.45, 2.75) is 77.2 Å². The summed E-state index contributed by atoms with van der Waals surface area (Å²) in [4.78, 5) is 0. The molecule has 2 fully saturated rings. The maximum absolute atomic E-state index is 3.95. The normalized spacial score (nSPS) is 33.4. The molecule has 1 saturated heterocycles. The van der Waals surface area contributed by atoms with E-state index in [1.807, 2.05) is 0 Å². The van der Waals surface area contributed by atoms with Crippen LogP contribution in [0.5, 0.6) is 0 Å². The highest BCUT2D eigenvalue weighted by molar-refractivity contribution is 5.02. The van der Waals surface area contributed by atoms with E-state index in [9.17, 15) is 0 Å². The predicted octanol–water partition coefficient (Wildman–Crippen LogP) is 4.13. The van der Waals surface area contributed by atoms with Crippen molar-refractivity contribution in [1.29, 1.82) is 0 Å². The first-order chi connectivity index (χ1) is 7.77. The van der Waals surface area contributed by atoms with E-state index in [0.29, 0.717) is 5.54 Å². The van der Waals surface area contributed by atoms with Gasteiger partial charge in [-0.05, 0) is 50.5 Å². The second kappa shape index (κ2) is 5.53. The summed E-state index contributed by atoms with van der Waals surface area (Å²) in [5, 5.41) is 3.95. The van der Waals surface area contributed by atoms with Gasteiger partial charge in [0.2, 0.25) is 0 Å². The van der Waals surface area contributed by atoms with Crippen LogP contribution in [0.2, 0.25) is 0 Å². The molecule has 1 aliphatic heterocycles. The molecule has 16 heavy (non-hydrogen) atoms. The van der Waals surface area contributed by atoms with Crippen LogP contribution >= 0.6 is 0 Å². The zero-order chi connectivity index (χ0) is 11.4. The van der Waals surface area contributed by atoms with Crippen molar-refractivity contribution in [2.75, 3.05) is 6.54 Å². The first kappa shape index (κ1) is 12.4. The fourth-order valence-corrected chi connectivity index (χ4v) is 3.71. The number of rotatable bonds is 5. The molecule has 0 amide bonds. The van der Waals surface area contributed by atoms with Crippen LogP contribution in [0.3, 0.4) is 0 Å². The lowest BCUT2D eigenvalue weighted by molar-refractivity contribution is 0.213. The van der Waals surface area contributed by atoms with E-state index < -0.39 is 0 Å². The van der Waals surface area contributed by atoms with Crippen molar-refractivity contribution in [2.24, 2.45) is 11.8 Å². The van der Waals surface area contributed by atoms with Crippen molar-refractivity contribution in [3.8, 4) is 0 Å². The minimum Gasteiger partial charge on any atom is -0.311 e. The summed E-state index contributed by atoms with van der Waals surface area (Å²) in [7, 11) is 0. The minimum absolute atomic E-state index is 0.547. The van der Waals surface area contributed by atoms with Crippen LogP contribution < -0.4 is 5.32 Å². The van der Waals surface area contributed by atoms with Gasteiger partial charge in [0.05, 0.1) is 0 Å². The molecular formula is C15H29N. The van der Waals surface area contributed by atoms with Gasteiger partial charge >= 0.3 is 0 Å². The van der Waals surface area contributed by atoms with Gasteiger partial charge in [0.25, 0.3) is 0 Å². The quantitative estimate of drug-likeness (QED) is 0.739. The SMILES string of the molecule is CCCC(C)CC1(C2CC2)CCCCCN1. The van der Waals surface area contributed by atoms with Crippen LogP contribution in [-0.2, 0) is 0 Å². The molecule has 0 spiro atoms. The van der Waals surface area contributed by atoms with Gasteiger partial charge in [0.15, 0.2) is 0 Å².